The molecule has 1 aliphatic heterocycles. The highest BCUT2D eigenvalue weighted by Crippen LogP contribution is 2.24. The van der Waals surface area contributed by atoms with Crippen molar-refractivity contribution in [1.82, 2.24) is 4.90 Å². The summed E-state index contributed by atoms with van der Waals surface area (Å²) in [5, 5.41) is 15.5. The standard InChI is InChI=1S/C19H30ClNO2.C2H2O4/c1-3-4-5-11-21-12-9-16(19(15-21)22-2)10-13-23-18-8-6-7-17(20)14-18;3-1(4)2(5)6/h6-8,14,16,19H,3-5,9-13,15H2,1-2H3;(H,3,4)(H,5,6)/t16-,19-;/m0./s1. The number of likely N-dealkylation sites (tertiary alicyclic amines) is 1. The van der Waals surface area contributed by atoms with Crippen molar-refractivity contribution < 1.29 is 29.3 Å². The molecule has 1 heterocycles. The predicted molar refractivity (Wildman–Crippen MR) is 112 cm³/mol. The van der Waals surface area contributed by atoms with Crippen molar-refractivity contribution in [3.8, 4) is 5.75 Å². The third-order valence-corrected chi connectivity index (χ3v) is 5.13. The molecule has 0 aliphatic carbocycles. The smallest absolute Gasteiger partial charge is 0.414 e. The predicted octanol–water partition coefficient (Wildman–Crippen LogP) is 3.79. The van der Waals surface area contributed by atoms with Gasteiger partial charge in [0.15, 0.2) is 0 Å². The molecule has 1 aromatic carbocycles. The van der Waals surface area contributed by atoms with Crippen molar-refractivity contribution >= 4 is 23.5 Å². The maximum absolute atomic E-state index is 9.10. The number of piperidine rings is 1. The minimum absolute atomic E-state index is 0.327. The number of rotatable bonds is 9. The molecule has 0 bridgehead atoms. The number of ether oxygens (including phenoxy) is 2. The van der Waals surface area contributed by atoms with E-state index in [1.54, 1.807) is 0 Å². The quantitative estimate of drug-likeness (QED) is 0.455. The van der Waals surface area contributed by atoms with Crippen molar-refractivity contribution in [3.63, 3.8) is 0 Å². The van der Waals surface area contributed by atoms with Crippen LogP contribution in [0.1, 0.15) is 39.0 Å². The van der Waals surface area contributed by atoms with Gasteiger partial charge in [-0.3, -0.25) is 0 Å². The zero-order chi connectivity index (χ0) is 21.6. The Balaban J connectivity index is 0.000000612. The number of aliphatic carboxylic acids is 2. The fourth-order valence-corrected chi connectivity index (χ4v) is 3.48. The molecule has 7 nitrogen and oxygen atoms in total. The highest BCUT2D eigenvalue weighted by Gasteiger charge is 2.28. The Kier molecular flexibility index (Phi) is 12.3. The van der Waals surface area contributed by atoms with Gasteiger partial charge in [-0.25, -0.2) is 9.59 Å². The molecule has 29 heavy (non-hydrogen) atoms. The first-order valence-electron chi connectivity index (χ1n) is 9.97. The van der Waals surface area contributed by atoms with Gasteiger partial charge in [-0.05, 0) is 56.5 Å². The van der Waals surface area contributed by atoms with Gasteiger partial charge in [-0.15, -0.1) is 0 Å². The summed E-state index contributed by atoms with van der Waals surface area (Å²) in [6.45, 7) is 6.43. The summed E-state index contributed by atoms with van der Waals surface area (Å²) >= 11 is 5.98. The van der Waals surface area contributed by atoms with E-state index in [9.17, 15) is 0 Å². The van der Waals surface area contributed by atoms with Gasteiger partial charge in [0.25, 0.3) is 0 Å². The maximum atomic E-state index is 9.10. The van der Waals surface area contributed by atoms with E-state index in [0.29, 0.717) is 12.0 Å². The fourth-order valence-electron chi connectivity index (χ4n) is 3.30. The highest BCUT2D eigenvalue weighted by molar-refractivity contribution is 6.30. The van der Waals surface area contributed by atoms with Crippen molar-refractivity contribution in [2.75, 3.05) is 33.4 Å². The van der Waals surface area contributed by atoms with Gasteiger partial charge in [0.1, 0.15) is 5.75 Å². The van der Waals surface area contributed by atoms with Crippen LogP contribution in [0.15, 0.2) is 24.3 Å². The summed E-state index contributed by atoms with van der Waals surface area (Å²) in [4.78, 5) is 20.8. The van der Waals surface area contributed by atoms with Crippen molar-refractivity contribution in [2.24, 2.45) is 5.92 Å². The van der Waals surface area contributed by atoms with Crippen LogP contribution in [0.4, 0.5) is 0 Å². The Labute approximate surface area is 177 Å². The summed E-state index contributed by atoms with van der Waals surface area (Å²) in [7, 11) is 1.84. The van der Waals surface area contributed by atoms with Gasteiger partial charge in [0, 0.05) is 18.7 Å². The lowest BCUT2D eigenvalue weighted by Crippen LogP contribution is -2.45. The molecule has 2 N–H and O–H groups in total. The van der Waals surface area contributed by atoms with Gasteiger partial charge >= 0.3 is 11.9 Å². The van der Waals surface area contributed by atoms with Crippen molar-refractivity contribution in [1.29, 1.82) is 0 Å². The van der Waals surface area contributed by atoms with E-state index in [1.165, 1.54) is 38.8 Å². The van der Waals surface area contributed by atoms with Gasteiger partial charge in [-0.2, -0.15) is 0 Å². The molecule has 8 heteroatoms. The number of nitrogens with zero attached hydrogens (tertiary/aromatic N) is 1. The summed E-state index contributed by atoms with van der Waals surface area (Å²) < 4.78 is 11.6. The van der Waals surface area contributed by atoms with Crippen LogP contribution in [0.3, 0.4) is 0 Å². The molecular formula is C21H32ClNO6. The zero-order valence-electron chi connectivity index (χ0n) is 17.2. The second-order valence-corrected chi connectivity index (χ2v) is 7.47. The molecule has 1 aromatic rings. The molecule has 0 spiro atoms. The number of benzene rings is 1. The molecule has 2 rings (SSSR count). The van der Waals surface area contributed by atoms with E-state index in [1.807, 2.05) is 31.4 Å². The van der Waals surface area contributed by atoms with E-state index >= 15 is 0 Å². The van der Waals surface area contributed by atoms with Gasteiger partial charge in [-0.1, -0.05) is 37.4 Å². The molecule has 0 aromatic heterocycles. The second-order valence-electron chi connectivity index (χ2n) is 7.04. The van der Waals surface area contributed by atoms with Crippen molar-refractivity contribution in [3.05, 3.63) is 29.3 Å². The van der Waals surface area contributed by atoms with Crippen molar-refractivity contribution in [2.45, 2.75) is 45.1 Å². The van der Waals surface area contributed by atoms with Crippen LogP contribution in [0.2, 0.25) is 5.02 Å². The second kappa shape index (κ2) is 14.2. The Bertz CT molecular complexity index is 615. The lowest BCUT2D eigenvalue weighted by molar-refractivity contribution is -0.159. The molecule has 1 saturated heterocycles. The van der Waals surface area contributed by atoms with E-state index in [-0.39, 0.29) is 0 Å². The van der Waals surface area contributed by atoms with Gasteiger partial charge in [0.05, 0.1) is 12.7 Å². The van der Waals surface area contributed by atoms with Crippen LogP contribution in [0, 0.1) is 5.92 Å². The number of carbonyl (C=O) groups is 2. The molecule has 164 valence electrons. The average molecular weight is 430 g/mol. The Morgan fingerprint density at radius 2 is 1.97 bits per heavy atom. The number of halogens is 1. The summed E-state index contributed by atoms with van der Waals surface area (Å²) in [5.74, 6) is -2.21. The van der Waals surface area contributed by atoms with E-state index in [0.717, 1.165) is 30.3 Å². The molecule has 0 unspecified atom stereocenters. The number of hydrogen-bond acceptors (Lipinski definition) is 5. The van der Waals surface area contributed by atoms with E-state index < -0.39 is 11.9 Å². The SMILES string of the molecule is CCCCCN1CC[C@@H](CCOc2cccc(Cl)c2)[C@@H](OC)C1.O=C(O)C(=O)O. The fraction of sp³-hybridized carbons (Fsp3) is 0.619. The van der Waals surface area contributed by atoms with E-state index in [2.05, 4.69) is 11.8 Å². The lowest BCUT2D eigenvalue weighted by Gasteiger charge is -2.37. The van der Waals surface area contributed by atoms with Crippen LogP contribution in [0.5, 0.6) is 5.75 Å². The normalized spacial score (nSPS) is 19.1. The third kappa shape index (κ3) is 10.5. The summed E-state index contributed by atoms with van der Waals surface area (Å²) in [6, 6.07) is 7.61. The molecule has 2 atom stereocenters. The Morgan fingerprint density at radius 3 is 2.55 bits per heavy atom. The lowest BCUT2D eigenvalue weighted by atomic mass is 9.91. The van der Waals surface area contributed by atoms with Crippen LogP contribution >= 0.6 is 11.6 Å². The number of hydrogen-bond donors (Lipinski definition) is 2. The number of unbranched alkanes of at least 4 members (excludes halogenated alkanes) is 2. The minimum atomic E-state index is -1.82. The van der Waals surface area contributed by atoms with Gasteiger partial charge < -0.3 is 24.6 Å². The number of carboxylic acid groups (broad SMARTS) is 2. The topological polar surface area (TPSA) is 96.3 Å². The first-order chi connectivity index (χ1) is 13.9. The molecule has 0 amide bonds. The maximum Gasteiger partial charge on any atom is 0.414 e. The molecular weight excluding hydrogens is 398 g/mol. The first kappa shape index (κ1) is 25.2. The zero-order valence-corrected chi connectivity index (χ0v) is 17.9. The largest absolute Gasteiger partial charge is 0.494 e. The summed E-state index contributed by atoms with van der Waals surface area (Å²) in [6.07, 6.45) is 6.47. The number of carboxylic acids is 2. The van der Waals surface area contributed by atoms with Crippen LogP contribution in [-0.2, 0) is 14.3 Å². The van der Waals surface area contributed by atoms with Crippen LogP contribution in [0.25, 0.3) is 0 Å². The van der Waals surface area contributed by atoms with Gasteiger partial charge in [0.2, 0.25) is 0 Å². The molecule has 0 saturated carbocycles. The molecule has 1 fully saturated rings. The molecule has 1 aliphatic rings. The van der Waals surface area contributed by atoms with Crippen LogP contribution in [-0.4, -0.2) is 66.5 Å². The minimum Gasteiger partial charge on any atom is -0.494 e. The van der Waals surface area contributed by atoms with E-state index in [4.69, 9.17) is 40.9 Å². The summed E-state index contributed by atoms with van der Waals surface area (Å²) in [5.41, 5.74) is 0. The average Bonchev–Trinajstić information content (AvgIpc) is 2.69. The highest BCUT2D eigenvalue weighted by atomic mass is 35.5. The Hall–Kier alpha value is -1.83. The Morgan fingerprint density at radius 1 is 1.24 bits per heavy atom. The first-order valence-corrected chi connectivity index (χ1v) is 10.3. The third-order valence-electron chi connectivity index (χ3n) is 4.90. The number of methoxy groups -OCH3 is 1. The molecule has 0 radical (unpaired) electrons. The monoisotopic (exact) mass is 429 g/mol. The van der Waals surface area contributed by atoms with Crippen LogP contribution < -0.4 is 4.74 Å².